The zero-order valence-electron chi connectivity index (χ0n) is 11.8. The van der Waals surface area contributed by atoms with Crippen LogP contribution in [0.25, 0.3) is 15.8 Å². The fourth-order valence-electron chi connectivity index (χ4n) is 1.73. The lowest BCUT2D eigenvalue weighted by Gasteiger charge is -2.05. The lowest BCUT2D eigenvalue weighted by molar-refractivity contribution is -0.132. The Kier molecular flexibility index (Phi) is 4.85. The molecular weight excluding hydrogens is 322 g/mol. The van der Waals surface area contributed by atoms with Gasteiger partial charge in [-0.2, -0.15) is 0 Å². The van der Waals surface area contributed by atoms with Crippen LogP contribution in [0.4, 0.5) is 0 Å². The average molecular weight is 336 g/mol. The number of nitrogens with two attached hydrogens (primary N) is 2. The quantitative estimate of drug-likeness (QED) is 0.664. The van der Waals surface area contributed by atoms with E-state index in [1.807, 2.05) is 30.3 Å². The lowest BCUT2D eigenvalue weighted by Crippen LogP contribution is -2.22. The van der Waals surface area contributed by atoms with Crippen molar-refractivity contribution in [3.8, 4) is 0 Å². The predicted octanol–water partition coefficient (Wildman–Crippen LogP) is 2.81. The molecule has 114 valence electrons. The van der Waals surface area contributed by atoms with Crippen molar-refractivity contribution in [3.05, 3.63) is 52.6 Å². The van der Waals surface area contributed by atoms with E-state index in [9.17, 15) is 4.79 Å². The number of ether oxygens (including phenoxy) is 1. The number of thiophene rings is 1. The maximum atomic E-state index is 11.8. The number of hydrogen-bond acceptors (Lipinski definition) is 6. The summed E-state index contributed by atoms with van der Waals surface area (Å²) in [7, 11) is 1.22. The SMILES string of the molecule is C=C(/N=C(/C(=O)OC)C(Cl)=C(N)N)c1cc2ccccc2s1. The Hall–Kier alpha value is -2.31. The first-order valence-electron chi connectivity index (χ1n) is 6.20. The maximum absolute atomic E-state index is 11.8. The summed E-state index contributed by atoms with van der Waals surface area (Å²) in [5.41, 5.74) is 11.0. The van der Waals surface area contributed by atoms with Crippen LogP contribution in [0, 0.1) is 0 Å². The Morgan fingerprint density at radius 1 is 1.36 bits per heavy atom. The molecular formula is C15H14ClN3O2S. The van der Waals surface area contributed by atoms with Gasteiger partial charge in [-0.15, -0.1) is 11.3 Å². The highest BCUT2D eigenvalue weighted by atomic mass is 35.5. The van der Waals surface area contributed by atoms with E-state index in [4.69, 9.17) is 23.1 Å². The number of aliphatic imine (C=N–C) groups is 1. The number of carbonyl (C=O) groups excluding carboxylic acids is 1. The van der Waals surface area contributed by atoms with Gasteiger partial charge in [0.25, 0.3) is 0 Å². The first kappa shape index (κ1) is 16.1. The molecule has 4 N–H and O–H groups in total. The molecule has 0 bridgehead atoms. The number of hydrogen-bond donors (Lipinski definition) is 2. The van der Waals surface area contributed by atoms with E-state index in [1.165, 1.54) is 18.4 Å². The molecule has 0 fully saturated rings. The van der Waals surface area contributed by atoms with Gasteiger partial charge in [0.1, 0.15) is 10.9 Å². The van der Waals surface area contributed by atoms with E-state index in [0.717, 1.165) is 15.0 Å². The molecule has 0 aliphatic carbocycles. The molecule has 22 heavy (non-hydrogen) atoms. The normalized spacial score (nSPS) is 11.3. The summed E-state index contributed by atoms with van der Waals surface area (Å²) in [5, 5.41) is 0.910. The average Bonchev–Trinajstić information content (AvgIpc) is 2.95. The smallest absolute Gasteiger partial charge is 0.358 e. The Balaban J connectivity index is 2.45. The van der Waals surface area contributed by atoms with E-state index >= 15 is 0 Å². The largest absolute Gasteiger partial charge is 0.464 e. The van der Waals surface area contributed by atoms with Crippen LogP contribution in [0.1, 0.15) is 4.88 Å². The first-order chi connectivity index (χ1) is 10.4. The van der Waals surface area contributed by atoms with Crippen molar-refractivity contribution in [2.75, 3.05) is 7.11 Å². The van der Waals surface area contributed by atoms with Gasteiger partial charge in [0, 0.05) is 4.70 Å². The van der Waals surface area contributed by atoms with Crippen LogP contribution in [0.3, 0.4) is 0 Å². The topological polar surface area (TPSA) is 90.7 Å². The minimum absolute atomic E-state index is 0.158. The zero-order valence-corrected chi connectivity index (χ0v) is 13.4. The molecule has 1 aromatic heterocycles. The molecule has 0 aliphatic rings. The van der Waals surface area contributed by atoms with Crippen LogP contribution in [0.5, 0.6) is 0 Å². The number of halogens is 1. The summed E-state index contributed by atoms with van der Waals surface area (Å²) < 4.78 is 5.73. The molecule has 0 saturated carbocycles. The van der Waals surface area contributed by atoms with Gasteiger partial charge in [0.2, 0.25) is 0 Å². The van der Waals surface area contributed by atoms with Gasteiger partial charge < -0.3 is 16.2 Å². The molecule has 1 heterocycles. The molecule has 2 rings (SSSR count). The summed E-state index contributed by atoms with van der Waals surface area (Å²) in [6.07, 6.45) is 0. The Labute approximate surface area is 136 Å². The summed E-state index contributed by atoms with van der Waals surface area (Å²) in [4.78, 5) is 16.7. The molecule has 0 amide bonds. The molecule has 0 spiro atoms. The second kappa shape index (κ2) is 6.64. The highest BCUT2D eigenvalue weighted by Crippen LogP contribution is 2.30. The van der Waals surface area contributed by atoms with Gasteiger partial charge in [0.15, 0.2) is 5.71 Å². The third-order valence-electron chi connectivity index (χ3n) is 2.80. The van der Waals surface area contributed by atoms with Crippen LogP contribution < -0.4 is 11.5 Å². The number of esters is 1. The fraction of sp³-hybridized carbons (Fsp3) is 0.0667. The van der Waals surface area contributed by atoms with Crippen LogP contribution in [-0.4, -0.2) is 18.8 Å². The summed E-state index contributed by atoms with van der Waals surface area (Å²) in [6, 6.07) is 9.80. The maximum Gasteiger partial charge on any atom is 0.358 e. The number of benzene rings is 1. The van der Waals surface area contributed by atoms with Crippen molar-refractivity contribution in [2.24, 2.45) is 16.5 Å². The van der Waals surface area contributed by atoms with E-state index in [-0.39, 0.29) is 16.6 Å². The van der Waals surface area contributed by atoms with E-state index in [1.54, 1.807) is 0 Å². The molecule has 1 aromatic carbocycles. The number of rotatable bonds is 4. The van der Waals surface area contributed by atoms with Gasteiger partial charge in [-0.3, -0.25) is 0 Å². The van der Waals surface area contributed by atoms with Crippen LogP contribution in [0.2, 0.25) is 0 Å². The van der Waals surface area contributed by atoms with Gasteiger partial charge in [-0.25, -0.2) is 9.79 Å². The molecule has 2 aromatic rings. The third kappa shape index (κ3) is 3.29. The molecule has 0 radical (unpaired) electrons. The lowest BCUT2D eigenvalue weighted by atomic mass is 10.2. The monoisotopic (exact) mass is 335 g/mol. The van der Waals surface area contributed by atoms with Gasteiger partial charge in [-0.1, -0.05) is 36.4 Å². The van der Waals surface area contributed by atoms with E-state index in [0.29, 0.717) is 5.70 Å². The van der Waals surface area contributed by atoms with Crippen molar-refractivity contribution in [2.45, 2.75) is 0 Å². The highest BCUT2D eigenvalue weighted by Gasteiger charge is 2.19. The fourth-order valence-corrected chi connectivity index (χ4v) is 2.83. The summed E-state index contributed by atoms with van der Waals surface area (Å²) in [5.74, 6) is -0.949. The molecule has 0 aliphatic heterocycles. The predicted molar refractivity (Wildman–Crippen MR) is 91.6 cm³/mol. The minimum Gasteiger partial charge on any atom is -0.464 e. The minimum atomic E-state index is -0.735. The Morgan fingerprint density at radius 3 is 2.64 bits per heavy atom. The van der Waals surface area contributed by atoms with Gasteiger partial charge in [0.05, 0.1) is 17.7 Å². The summed E-state index contributed by atoms with van der Waals surface area (Å²) in [6.45, 7) is 3.87. The van der Waals surface area contributed by atoms with Gasteiger partial charge >= 0.3 is 5.97 Å². The Morgan fingerprint density at radius 2 is 2.05 bits per heavy atom. The van der Waals surface area contributed by atoms with Crippen LogP contribution >= 0.6 is 22.9 Å². The second-order valence-electron chi connectivity index (χ2n) is 4.32. The van der Waals surface area contributed by atoms with Crippen LogP contribution in [-0.2, 0) is 9.53 Å². The summed E-state index contributed by atoms with van der Waals surface area (Å²) >= 11 is 7.43. The third-order valence-corrected chi connectivity index (χ3v) is 4.36. The number of fused-ring (bicyclic) bond motifs is 1. The molecule has 0 atom stereocenters. The number of nitrogens with zero attached hydrogens (tertiary/aromatic N) is 1. The molecule has 0 saturated heterocycles. The van der Waals surface area contributed by atoms with Crippen molar-refractivity contribution in [1.29, 1.82) is 0 Å². The standard InChI is InChI=1S/C15H14ClN3O2S/c1-8(11-7-9-5-3-4-6-10(9)22-11)19-13(15(20)21-2)12(16)14(17)18/h3-7H,1,17-18H2,2H3/b19-13+. The second-order valence-corrected chi connectivity index (χ2v) is 5.78. The van der Waals surface area contributed by atoms with E-state index in [2.05, 4.69) is 16.3 Å². The van der Waals surface area contributed by atoms with Crippen LogP contribution in [0.15, 0.2) is 52.8 Å². The highest BCUT2D eigenvalue weighted by molar-refractivity contribution is 7.20. The van der Waals surface area contributed by atoms with Crippen molar-refractivity contribution in [1.82, 2.24) is 0 Å². The zero-order chi connectivity index (χ0) is 16.3. The first-order valence-corrected chi connectivity index (χ1v) is 7.39. The van der Waals surface area contributed by atoms with Crippen molar-refractivity contribution in [3.63, 3.8) is 0 Å². The number of carbonyl (C=O) groups is 1. The van der Waals surface area contributed by atoms with Crippen molar-refractivity contribution < 1.29 is 9.53 Å². The van der Waals surface area contributed by atoms with Gasteiger partial charge in [-0.05, 0) is 17.5 Å². The number of methoxy groups -OCH3 is 1. The molecule has 0 unspecified atom stereocenters. The molecule has 5 nitrogen and oxygen atoms in total. The van der Waals surface area contributed by atoms with E-state index < -0.39 is 5.97 Å². The molecule has 7 heteroatoms. The Bertz CT molecular complexity index is 771. The van der Waals surface area contributed by atoms with Crippen molar-refractivity contribution >= 4 is 50.4 Å².